The Hall–Kier alpha value is -1.92. The molecule has 0 radical (unpaired) electrons. The third-order valence-electron chi connectivity index (χ3n) is 3.31. The minimum absolute atomic E-state index is 0.0764. The average Bonchev–Trinajstić information content (AvgIpc) is 2.86. The van der Waals surface area contributed by atoms with Crippen LogP contribution in [-0.4, -0.2) is 30.6 Å². The molecule has 1 amide bonds. The van der Waals surface area contributed by atoms with Crippen molar-refractivity contribution in [1.29, 1.82) is 0 Å². The molecule has 1 aliphatic rings. The molecule has 0 unspecified atom stereocenters. The van der Waals surface area contributed by atoms with Crippen LogP contribution in [0.25, 0.3) is 0 Å². The van der Waals surface area contributed by atoms with Crippen LogP contribution < -0.4 is 15.4 Å². The van der Waals surface area contributed by atoms with Crippen molar-refractivity contribution in [2.24, 2.45) is 5.73 Å². The van der Waals surface area contributed by atoms with Crippen LogP contribution in [0, 0.1) is 0 Å². The van der Waals surface area contributed by atoms with Crippen LogP contribution in [-0.2, 0) is 6.42 Å². The van der Waals surface area contributed by atoms with Gasteiger partial charge in [0, 0.05) is 18.3 Å². The number of hydrogen-bond donors (Lipinski definition) is 1. The first-order valence-electron chi connectivity index (χ1n) is 6.98. The molecule has 21 heavy (non-hydrogen) atoms. The molecule has 1 aliphatic heterocycles. The van der Waals surface area contributed by atoms with E-state index in [-0.39, 0.29) is 5.91 Å². The number of rotatable bonds is 3. The van der Waals surface area contributed by atoms with Crippen molar-refractivity contribution in [1.82, 2.24) is 4.98 Å². The molecule has 0 fully saturated rings. The van der Waals surface area contributed by atoms with Crippen LogP contribution in [0.4, 0.5) is 5.69 Å². The monoisotopic (exact) mass is 303 g/mol. The molecule has 5 nitrogen and oxygen atoms in total. The first-order valence-corrected chi connectivity index (χ1v) is 7.85. The van der Waals surface area contributed by atoms with Gasteiger partial charge < -0.3 is 15.4 Å². The van der Waals surface area contributed by atoms with Crippen LogP contribution in [0.2, 0.25) is 0 Å². The number of thiazole rings is 1. The predicted octanol–water partition coefficient (Wildman–Crippen LogP) is 2.07. The molecule has 110 valence electrons. The maximum absolute atomic E-state index is 12.7. The molecule has 2 heterocycles. The van der Waals surface area contributed by atoms with Crippen LogP contribution >= 0.6 is 11.3 Å². The second-order valence-corrected chi connectivity index (χ2v) is 5.73. The number of nitrogens with zero attached hydrogens (tertiary/aromatic N) is 2. The number of ether oxygens (including phenoxy) is 1. The number of carbonyl (C=O) groups is 1. The van der Waals surface area contributed by atoms with Crippen molar-refractivity contribution < 1.29 is 9.53 Å². The number of hydrogen-bond acceptors (Lipinski definition) is 5. The second kappa shape index (κ2) is 6.24. The van der Waals surface area contributed by atoms with E-state index >= 15 is 0 Å². The minimum Gasteiger partial charge on any atom is -0.491 e. The molecule has 0 saturated carbocycles. The summed E-state index contributed by atoms with van der Waals surface area (Å²) < 4.78 is 5.68. The quantitative estimate of drug-likeness (QED) is 0.942. The number of amides is 1. The Morgan fingerprint density at radius 2 is 2.29 bits per heavy atom. The van der Waals surface area contributed by atoms with Crippen molar-refractivity contribution in [3.8, 4) is 5.75 Å². The van der Waals surface area contributed by atoms with E-state index in [1.165, 1.54) is 11.3 Å². The zero-order chi connectivity index (χ0) is 14.7. The molecule has 0 saturated heterocycles. The lowest BCUT2D eigenvalue weighted by atomic mass is 10.2. The van der Waals surface area contributed by atoms with Crippen molar-refractivity contribution >= 4 is 22.9 Å². The average molecular weight is 303 g/mol. The van der Waals surface area contributed by atoms with Gasteiger partial charge in [-0.15, -0.1) is 11.3 Å². The van der Waals surface area contributed by atoms with Crippen molar-refractivity contribution in [2.45, 2.75) is 12.8 Å². The Balaban J connectivity index is 1.89. The van der Waals surface area contributed by atoms with E-state index in [1.807, 2.05) is 29.6 Å². The first-order chi connectivity index (χ1) is 10.3. The highest BCUT2D eigenvalue weighted by atomic mass is 32.1. The highest BCUT2D eigenvalue weighted by molar-refractivity contribution is 7.09. The van der Waals surface area contributed by atoms with Crippen LogP contribution in [0.15, 0.2) is 29.6 Å². The standard InChI is InChI=1S/C15H17N3O2S/c16-7-6-14-17-11(10-21-14)15(19)18-8-3-9-20-13-5-2-1-4-12(13)18/h1-2,4-5,10H,3,6-9,16H2. The van der Waals surface area contributed by atoms with E-state index < -0.39 is 0 Å². The highest BCUT2D eigenvalue weighted by Gasteiger charge is 2.24. The van der Waals surface area contributed by atoms with Crippen molar-refractivity contribution in [2.75, 3.05) is 24.6 Å². The summed E-state index contributed by atoms with van der Waals surface area (Å²) in [6.45, 7) is 1.80. The molecule has 2 aromatic rings. The summed E-state index contributed by atoms with van der Waals surface area (Å²) in [5, 5.41) is 2.71. The summed E-state index contributed by atoms with van der Waals surface area (Å²) in [6.07, 6.45) is 1.51. The summed E-state index contributed by atoms with van der Waals surface area (Å²) in [5.74, 6) is 0.674. The van der Waals surface area contributed by atoms with Gasteiger partial charge in [-0.1, -0.05) is 12.1 Å². The third kappa shape index (κ3) is 2.91. The normalized spacial score (nSPS) is 14.2. The SMILES string of the molecule is NCCc1nc(C(=O)N2CCCOc3ccccc32)cs1. The zero-order valence-corrected chi connectivity index (χ0v) is 12.4. The van der Waals surface area contributed by atoms with E-state index in [1.54, 1.807) is 4.90 Å². The van der Waals surface area contributed by atoms with Crippen LogP contribution in [0.5, 0.6) is 5.75 Å². The van der Waals surface area contributed by atoms with Gasteiger partial charge in [-0.25, -0.2) is 4.98 Å². The summed E-state index contributed by atoms with van der Waals surface area (Å²) >= 11 is 1.48. The Morgan fingerprint density at radius 1 is 1.43 bits per heavy atom. The number of nitrogens with two attached hydrogens (primary N) is 1. The Kier molecular flexibility index (Phi) is 4.17. The molecule has 0 bridgehead atoms. The first kappa shape index (κ1) is 14.0. The lowest BCUT2D eigenvalue weighted by Crippen LogP contribution is -2.31. The van der Waals surface area contributed by atoms with Crippen LogP contribution in [0.3, 0.4) is 0 Å². The summed E-state index contributed by atoms with van der Waals surface area (Å²) in [7, 11) is 0. The highest BCUT2D eigenvalue weighted by Crippen LogP contribution is 2.31. The maximum atomic E-state index is 12.7. The van der Waals surface area contributed by atoms with Gasteiger partial charge in [-0.3, -0.25) is 4.79 Å². The second-order valence-electron chi connectivity index (χ2n) is 4.79. The number of anilines is 1. The largest absolute Gasteiger partial charge is 0.491 e. The lowest BCUT2D eigenvalue weighted by Gasteiger charge is -2.20. The summed E-state index contributed by atoms with van der Waals surface area (Å²) in [5.41, 5.74) is 6.83. The van der Waals surface area contributed by atoms with Gasteiger partial charge in [0.1, 0.15) is 11.4 Å². The summed E-state index contributed by atoms with van der Waals surface area (Å²) in [6, 6.07) is 7.62. The Bertz CT molecular complexity index is 641. The fourth-order valence-electron chi connectivity index (χ4n) is 2.32. The van der Waals surface area contributed by atoms with E-state index in [4.69, 9.17) is 10.5 Å². The van der Waals surface area contributed by atoms with Gasteiger partial charge in [-0.2, -0.15) is 0 Å². The molecule has 6 heteroatoms. The van der Waals surface area contributed by atoms with Crippen LogP contribution in [0.1, 0.15) is 21.9 Å². The zero-order valence-electron chi connectivity index (χ0n) is 11.6. The van der Waals surface area contributed by atoms with E-state index in [2.05, 4.69) is 4.98 Å². The van der Waals surface area contributed by atoms with Gasteiger partial charge in [0.2, 0.25) is 0 Å². The third-order valence-corrected chi connectivity index (χ3v) is 4.22. The molecule has 1 aromatic carbocycles. The molecular formula is C15H17N3O2S. The molecule has 3 rings (SSSR count). The van der Waals surface area contributed by atoms with Crippen molar-refractivity contribution in [3.63, 3.8) is 0 Å². The van der Waals surface area contributed by atoms with E-state index in [0.717, 1.165) is 22.9 Å². The van der Waals surface area contributed by atoms with Gasteiger partial charge in [0.15, 0.2) is 0 Å². The maximum Gasteiger partial charge on any atom is 0.277 e. The number of benzene rings is 1. The molecule has 0 atom stereocenters. The van der Waals surface area contributed by atoms with E-state index in [9.17, 15) is 4.79 Å². The molecular weight excluding hydrogens is 286 g/mol. The van der Waals surface area contributed by atoms with E-state index in [0.29, 0.717) is 31.8 Å². The van der Waals surface area contributed by atoms with Gasteiger partial charge in [-0.05, 0) is 25.1 Å². The van der Waals surface area contributed by atoms with Gasteiger partial charge >= 0.3 is 0 Å². The topological polar surface area (TPSA) is 68.5 Å². The predicted molar refractivity (Wildman–Crippen MR) is 83.1 cm³/mol. The lowest BCUT2D eigenvalue weighted by molar-refractivity contribution is 0.0983. The van der Waals surface area contributed by atoms with Crippen molar-refractivity contribution in [3.05, 3.63) is 40.3 Å². The molecule has 0 spiro atoms. The Labute approximate surface area is 127 Å². The minimum atomic E-state index is -0.0764. The Morgan fingerprint density at radius 3 is 3.14 bits per heavy atom. The van der Waals surface area contributed by atoms with Gasteiger partial charge in [0.05, 0.1) is 17.3 Å². The number of para-hydroxylation sites is 2. The summed E-state index contributed by atoms with van der Waals surface area (Å²) in [4.78, 5) is 18.9. The fourth-order valence-corrected chi connectivity index (χ4v) is 3.11. The molecule has 0 aliphatic carbocycles. The number of carbonyl (C=O) groups excluding carboxylic acids is 1. The number of fused-ring (bicyclic) bond motifs is 1. The molecule has 2 N–H and O–H groups in total. The van der Waals surface area contributed by atoms with Gasteiger partial charge in [0.25, 0.3) is 5.91 Å². The fraction of sp³-hybridized carbons (Fsp3) is 0.333. The smallest absolute Gasteiger partial charge is 0.277 e. The number of aromatic nitrogens is 1. The molecule has 1 aromatic heterocycles.